The van der Waals surface area contributed by atoms with Crippen molar-refractivity contribution in [2.45, 2.75) is 11.3 Å². The fourth-order valence-corrected chi connectivity index (χ4v) is 4.22. The third-order valence-electron chi connectivity index (χ3n) is 4.26. The van der Waals surface area contributed by atoms with Gasteiger partial charge in [0.1, 0.15) is 0 Å². The number of benzene rings is 1. The molecular weight excluding hydrogens is 324 g/mol. The summed E-state index contributed by atoms with van der Waals surface area (Å²) in [4.78, 5) is 6.91. The molecule has 0 saturated carbocycles. The van der Waals surface area contributed by atoms with Gasteiger partial charge in [0.25, 0.3) is 0 Å². The van der Waals surface area contributed by atoms with Crippen LogP contribution in [0.5, 0.6) is 0 Å². The molecule has 1 aromatic heterocycles. The van der Waals surface area contributed by atoms with E-state index in [0.29, 0.717) is 23.7 Å². The molecule has 2 heterocycles. The molecule has 0 atom stereocenters. The van der Waals surface area contributed by atoms with E-state index in [1.807, 2.05) is 18.2 Å². The Kier molecular flexibility index (Phi) is 5.13. The van der Waals surface area contributed by atoms with Crippen molar-refractivity contribution in [2.24, 2.45) is 0 Å². The van der Waals surface area contributed by atoms with Crippen molar-refractivity contribution >= 4 is 15.7 Å². The molecule has 7 heteroatoms. The lowest BCUT2D eigenvalue weighted by atomic mass is 10.2. The summed E-state index contributed by atoms with van der Waals surface area (Å²) in [6.45, 7) is 3.39. The quantitative estimate of drug-likeness (QED) is 0.823. The number of aromatic nitrogens is 1. The van der Waals surface area contributed by atoms with Gasteiger partial charge in [-0.05, 0) is 36.4 Å². The van der Waals surface area contributed by atoms with Gasteiger partial charge in [-0.1, -0.05) is 6.07 Å². The number of nitrogens with zero attached hydrogens (tertiary/aromatic N) is 3. The largest absolute Gasteiger partial charge is 0.399 e. The molecule has 1 fully saturated rings. The summed E-state index contributed by atoms with van der Waals surface area (Å²) in [5.74, 6) is 0. The summed E-state index contributed by atoms with van der Waals surface area (Å²) in [5.41, 5.74) is 7.26. The van der Waals surface area contributed by atoms with Gasteiger partial charge in [0.2, 0.25) is 10.0 Å². The lowest BCUT2D eigenvalue weighted by Crippen LogP contribution is -2.49. The summed E-state index contributed by atoms with van der Waals surface area (Å²) in [6.07, 6.45) is 2.68. The molecule has 1 aliphatic rings. The number of hydrogen-bond acceptors (Lipinski definition) is 5. The number of sulfonamides is 1. The van der Waals surface area contributed by atoms with Gasteiger partial charge in [0.05, 0.1) is 4.90 Å². The minimum Gasteiger partial charge on any atom is -0.399 e. The highest BCUT2D eigenvalue weighted by Gasteiger charge is 2.28. The molecule has 0 spiro atoms. The number of hydrogen-bond donors (Lipinski definition) is 1. The van der Waals surface area contributed by atoms with Gasteiger partial charge >= 0.3 is 0 Å². The summed E-state index contributed by atoms with van der Waals surface area (Å²) < 4.78 is 26.8. The molecule has 2 N–H and O–H groups in total. The maximum atomic E-state index is 12.6. The standard InChI is InChI=1S/C17H22N4O2S/c18-15-4-6-17(7-5-15)24(22,23)21-13-11-20(12-14-21)10-8-16-3-1-2-9-19-16/h1-7,9H,8,10-14,18H2. The van der Waals surface area contributed by atoms with Gasteiger partial charge in [-0.25, -0.2) is 8.42 Å². The SMILES string of the molecule is Nc1ccc(S(=O)(=O)N2CCN(CCc3ccccn3)CC2)cc1. The molecule has 6 nitrogen and oxygen atoms in total. The van der Waals surface area contributed by atoms with Crippen molar-refractivity contribution in [1.29, 1.82) is 0 Å². The second-order valence-corrected chi connectivity index (χ2v) is 7.82. The Bertz CT molecular complexity index is 755. The minimum absolute atomic E-state index is 0.304. The van der Waals surface area contributed by atoms with Crippen LogP contribution in [-0.2, 0) is 16.4 Å². The van der Waals surface area contributed by atoms with Crippen LogP contribution in [0.3, 0.4) is 0 Å². The van der Waals surface area contributed by atoms with Gasteiger partial charge < -0.3 is 10.6 Å². The molecule has 128 valence electrons. The molecule has 0 unspecified atom stereocenters. The van der Waals surface area contributed by atoms with Crippen molar-refractivity contribution in [2.75, 3.05) is 38.5 Å². The third kappa shape index (κ3) is 3.92. The highest BCUT2D eigenvalue weighted by molar-refractivity contribution is 7.89. The number of rotatable bonds is 5. The molecule has 0 aliphatic carbocycles. The third-order valence-corrected chi connectivity index (χ3v) is 6.17. The van der Waals surface area contributed by atoms with E-state index < -0.39 is 10.0 Å². The van der Waals surface area contributed by atoms with Crippen LogP contribution < -0.4 is 5.73 Å². The summed E-state index contributed by atoms with van der Waals surface area (Å²) in [7, 11) is -3.43. The smallest absolute Gasteiger partial charge is 0.243 e. The van der Waals surface area contributed by atoms with E-state index in [9.17, 15) is 8.42 Å². The van der Waals surface area contributed by atoms with Crippen molar-refractivity contribution < 1.29 is 8.42 Å². The first-order chi connectivity index (χ1) is 11.6. The summed E-state index contributed by atoms with van der Waals surface area (Å²) >= 11 is 0. The van der Waals surface area contributed by atoms with Gasteiger partial charge in [0.15, 0.2) is 0 Å². The van der Waals surface area contributed by atoms with Crippen LogP contribution in [0.15, 0.2) is 53.6 Å². The second kappa shape index (κ2) is 7.29. The molecule has 1 saturated heterocycles. The predicted octanol–water partition coefficient (Wildman–Crippen LogP) is 1.21. The molecule has 0 bridgehead atoms. The maximum Gasteiger partial charge on any atom is 0.243 e. The van der Waals surface area contributed by atoms with Crippen LogP contribution >= 0.6 is 0 Å². The van der Waals surface area contributed by atoms with Crippen molar-refractivity contribution in [3.05, 3.63) is 54.4 Å². The van der Waals surface area contributed by atoms with E-state index in [0.717, 1.165) is 31.7 Å². The first-order valence-corrected chi connectivity index (χ1v) is 9.48. The van der Waals surface area contributed by atoms with E-state index in [1.165, 1.54) is 0 Å². The van der Waals surface area contributed by atoms with Crippen LogP contribution in [0.25, 0.3) is 0 Å². The molecular formula is C17H22N4O2S. The average molecular weight is 346 g/mol. The molecule has 0 radical (unpaired) electrons. The van der Waals surface area contributed by atoms with Crippen LogP contribution in [0, 0.1) is 0 Å². The molecule has 3 rings (SSSR count). The van der Waals surface area contributed by atoms with Crippen molar-refractivity contribution in [1.82, 2.24) is 14.2 Å². The highest BCUT2D eigenvalue weighted by atomic mass is 32.2. The summed E-state index contributed by atoms with van der Waals surface area (Å²) in [5, 5.41) is 0. The van der Waals surface area contributed by atoms with Gasteiger partial charge in [-0.3, -0.25) is 4.98 Å². The number of anilines is 1. The van der Waals surface area contributed by atoms with Crippen molar-refractivity contribution in [3.8, 4) is 0 Å². The zero-order valence-corrected chi connectivity index (χ0v) is 14.3. The Morgan fingerprint density at radius 3 is 2.33 bits per heavy atom. The van der Waals surface area contributed by atoms with Crippen molar-refractivity contribution in [3.63, 3.8) is 0 Å². The molecule has 1 aliphatic heterocycles. The van der Waals surface area contributed by atoms with Gasteiger partial charge in [-0.15, -0.1) is 0 Å². The topological polar surface area (TPSA) is 79.5 Å². The van der Waals surface area contributed by atoms with Crippen LogP contribution in [0.2, 0.25) is 0 Å². The first-order valence-electron chi connectivity index (χ1n) is 8.04. The molecule has 24 heavy (non-hydrogen) atoms. The van der Waals surface area contributed by atoms with Gasteiger partial charge in [-0.2, -0.15) is 4.31 Å². The predicted molar refractivity (Wildman–Crippen MR) is 94.0 cm³/mol. The van der Waals surface area contributed by atoms with E-state index in [4.69, 9.17) is 5.73 Å². The minimum atomic E-state index is -3.43. The summed E-state index contributed by atoms with van der Waals surface area (Å²) in [6, 6.07) is 12.3. The van der Waals surface area contributed by atoms with E-state index in [1.54, 1.807) is 34.8 Å². The fraction of sp³-hybridized carbons (Fsp3) is 0.353. The normalized spacial score (nSPS) is 17.0. The first kappa shape index (κ1) is 16.9. The Morgan fingerprint density at radius 1 is 1.00 bits per heavy atom. The van der Waals surface area contributed by atoms with Gasteiger partial charge in [0, 0.05) is 56.7 Å². The number of piperazine rings is 1. The Balaban J connectivity index is 1.55. The second-order valence-electron chi connectivity index (χ2n) is 5.89. The lowest BCUT2D eigenvalue weighted by molar-refractivity contribution is 0.190. The number of nitrogens with two attached hydrogens (primary N) is 1. The Labute approximate surface area is 143 Å². The van der Waals surface area contributed by atoms with E-state index in [-0.39, 0.29) is 0 Å². The van der Waals surface area contributed by atoms with E-state index in [2.05, 4.69) is 9.88 Å². The molecule has 0 amide bonds. The zero-order valence-electron chi connectivity index (χ0n) is 13.5. The van der Waals surface area contributed by atoms with E-state index >= 15 is 0 Å². The van der Waals surface area contributed by atoms with Crippen LogP contribution in [0.1, 0.15) is 5.69 Å². The highest BCUT2D eigenvalue weighted by Crippen LogP contribution is 2.18. The molecule has 2 aromatic rings. The number of nitrogen functional groups attached to an aromatic ring is 1. The Hall–Kier alpha value is -1.96. The lowest BCUT2D eigenvalue weighted by Gasteiger charge is -2.33. The fourth-order valence-electron chi connectivity index (χ4n) is 2.80. The Morgan fingerprint density at radius 2 is 1.71 bits per heavy atom. The van der Waals surface area contributed by atoms with Crippen LogP contribution in [0.4, 0.5) is 5.69 Å². The number of pyridine rings is 1. The monoisotopic (exact) mass is 346 g/mol. The average Bonchev–Trinajstić information content (AvgIpc) is 2.61. The maximum absolute atomic E-state index is 12.6. The van der Waals surface area contributed by atoms with Crippen LogP contribution in [-0.4, -0.2) is 55.3 Å². The molecule has 1 aromatic carbocycles. The zero-order chi connectivity index (χ0) is 17.0.